The number of aromatic hydroxyl groups is 1. The lowest BCUT2D eigenvalue weighted by atomic mass is 9.87. The molecule has 3 aromatic rings. The van der Waals surface area contributed by atoms with E-state index in [1.54, 1.807) is 24.4 Å². The Bertz CT molecular complexity index is 1260. The van der Waals surface area contributed by atoms with Gasteiger partial charge in [0.25, 0.3) is 5.91 Å². The van der Waals surface area contributed by atoms with E-state index in [-0.39, 0.29) is 23.5 Å². The molecule has 1 aliphatic carbocycles. The number of nitrogens with zero attached hydrogens (tertiary/aromatic N) is 4. The first kappa shape index (κ1) is 20.2. The van der Waals surface area contributed by atoms with Crippen LogP contribution in [0.5, 0.6) is 5.75 Å². The number of pyridine rings is 1. The molecule has 32 heavy (non-hydrogen) atoms. The van der Waals surface area contributed by atoms with Crippen molar-refractivity contribution in [2.45, 2.75) is 39.2 Å². The van der Waals surface area contributed by atoms with E-state index in [1.165, 1.54) is 5.57 Å². The molecular formula is C25H25N5O2. The number of carbonyl (C=O) groups excluding carboxylic acids is 1. The van der Waals surface area contributed by atoms with Gasteiger partial charge in [-0.25, -0.2) is 14.6 Å². The summed E-state index contributed by atoms with van der Waals surface area (Å²) in [5.41, 5.74) is 4.11. The smallest absolute Gasteiger partial charge is 0.296 e. The van der Waals surface area contributed by atoms with Crippen molar-refractivity contribution in [3.8, 4) is 16.9 Å². The van der Waals surface area contributed by atoms with E-state index in [2.05, 4.69) is 45.5 Å². The third-order valence-corrected chi connectivity index (χ3v) is 6.24. The maximum Gasteiger partial charge on any atom is 0.296 e. The van der Waals surface area contributed by atoms with Crippen LogP contribution >= 0.6 is 0 Å². The minimum atomic E-state index is -0.381. The maximum atomic E-state index is 12.9. The lowest BCUT2D eigenvalue weighted by Gasteiger charge is -2.23. The number of hydrogen-bond acceptors (Lipinski definition) is 5. The van der Waals surface area contributed by atoms with Crippen molar-refractivity contribution in [1.82, 2.24) is 19.7 Å². The molecule has 7 heteroatoms. The van der Waals surface area contributed by atoms with Crippen LogP contribution in [-0.4, -0.2) is 30.8 Å². The molecule has 0 fully saturated rings. The normalized spacial score (nSPS) is 19.5. The Morgan fingerprint density at radius 2 is 2.12 bits per heavy atom. The first-order valence-electron chi connectivity index (χ1n) is 10.9. The summed E-state index contributed by atoms with van der Waals surface area (Å²) in [5.74, 6) is 1.69. The SMILES string of the molecule is Cc1ccc(O)cc1-c1ccnc(NC(=O)c2nc3n(n2)C(C2=CC=CCC2C)CC3)c1. The summed E-state index contributed by atoms with van der Waals surface area (Å²) in [6.45, 7) is 4.20. The quantitative estimate of drug-likeness (QED) is 0.634. The van der Waals surface area contributed by atoms with Crippen LogP contribution in [0.3, 0.4) is 0 Å². The predicted molar refractivity (Wildman–Crippen MR) is 122 cm³/mol. The standard InChI is InChI=1S/C25H25N5O2/c1-15-5-3-4-6-19(15)21-9-10-23-28-24(29-30(21)23)25(32)27-22-13-17(11-12-26-22)20-14-18(31)8-7-16(20)2/h3-4,6-8,11-15,21,31H,5,9-10H2,1-2H3,(H,26,27,32). The highest BCUT2D eigenvalue weighted by molar-refractivity contribution is 6.01. The Morgan fingerprint density at radius 1 is 1.25 bits per heavy atom. The van der Waals surface area contributed by atoms with Crippen LogP contribution in [0.25, 0.3) is 11.1 Å². The zero-order valence-corrected chi connectivity index (χ0v) is 18.1. The van der Waals surface area contributed by atoms with Gasteiger partial charge in [0.1, 0.15) is 17.4 Å². The van der Waals surface area contributed by atoms with Gasteiger partial charge in [-0.15, -0.1) is 5.10 Å². The predicted octanol–water partition coefficient (Wildman–Crippen LogP) is 4.62. The number of rotatable bonds is 4. The molecule has 2 unspecified atom stereocenters. The van der Waals surface area contributed by atoms with Crippen LogP contribution in [0.2, 0.25) is 0 Å². The number of benzene rings is 1. The number of anilines is 1. The summed E-state index contributed by atoms with van der Waals surface area (Å²) in [6, 6.07) is 9.00. The number of phenolic OH excluding ortho intramolecular Hbond substituents is 1. The number of carbonyl (C=O) groups is 1. The lowest BCUT2D eigenvalue weighted by Crippen LogP contribution is -2.18. The number of hydrogen-bond donors (Lipinski definition) is 2. The lowest BCUT2D eigenvalue weighted by molar-refractivity contribution is 0.101. The molecule has 2 aliphatic rings. The van der Waals surface area contributed by atoms with Crippen molar-refractivity contribution >= 4 is 11.7 Å². The van der Waals surface area contributed by atoms with Gasteiger partial charge in [0.05, 0.1) is 6.04 Å². The molecule has 3 heterocycles. The van der Waals surface area contributed by atoms with E-state index < -0.39 is 0 Å². The number of aromatic nitrogens is 4. The second kappa shape index (κ2) is 8.07. The van der Waals surface area contributed by atoms with Crippen LogP contribution in [0.1, 0.15) is 47.8 Å². The fourth-order valence-corrected chi connectivity index (χ4v) is 4.53. The molecule has 1 aliphatic heterocycles. The van der Waals surface area contributed by atoms with Gasteiger partial charge in [-0.2, -0.15) is 0 Å². The molecule has 1 aromatic carbocycles. The molecule has 0 spiro atoms. The summed E-state index contributed by atoms with van der Waals surface area (Å²) in [4.78, 5) is 21.6. The third-order valence-electron chi connectivity index (χ3n) is 6.24. The Kier molecular flexibility index (Phi) is 5.09. The first-order valence-corrected chi connectivity index (χ1v) is 10.9. The average Bonchev–Trinajstić information content (AvgIpc) is 3.37. The van der Waals surface area contributed by atoms with Crippen molar-refractivity contribution in [3.05, 3.63) is 77.5 Å². The molecule has 2 atom stereocenters. The first-order chi connectivity index (χ1) is 15.5. The van der Waals surface area contributed by atoms with Gasteiger partial charge in [-0.05, 0) is 72.2 Å². The minimum absolute atomic E-state index is 0.157. The van der Waals surface area contributed by atoms with Crippen LogP contribution in [0.15, 0.2) is 60.3 Å². The van der Waals surface area contributed by atoms with Gasteiger partial charge in [0.15, 0.2) is 0 Å². The highest BCUT2D eigenvalue weighted by Crippen LogP contribution is 2.37. The van der Waals surface area contributed by atoms with Crippen LogP contribution in [0.4, 0.5) is 5.82 Å². The molecule has 162 valence electrons. The number of aryl methyl sites for hydroxylation is 2. The van der Waals surface area contributed by atoms with Gasteiger partial charge in [-0.1, -0.05) is 31.2 Å². The Morgan fingerprint density at radius 3 is 2.97 bits per heavy atom. The van der Waals surface area contributed by atoms with Crippen LogP contribution < -0.4 is 5.32 Å². The summed E-state index contributed by atoms with van der Waals surface area (Å²) in [5, 5.41) is 17.2. The summed E-state index contributed by atoms with van der Waals surface area (Å²) in [7, 11) is 0. The van der Waals surface area contributed by atoms with Crippen molar-refractivity contribution in [1.29, 1.82) is 0 Å². The second-order valence-electron chi connectivity index (χ2n) is 8.47. The van der Waals surface area contributed by atoms with Crippen LogP contribution in [0, 0.1) is 12.8 Å². The molecule has 1 amide bonds. The van der Waals surface area contributed by atoms with Gasteiger partial charge in [0, 0.05) is 12.6 Å². The topological polar surface area (TPSA) is 92.9 Å². The second-order valence-corrected chi connectivity index (χ2v) is 8.47. The monoisotopic (exact) mass is 427 g/mol. The van der Waals surface area contributed by atoms with Gasteiger partial charge in [0.2, 0.25) is 5.82 Å². The number of fused-ring (bicyclic) bond motifs is 1. The number of amides is 1. The zero-order chi connectivity index (χ0) is 22.2. The largest absolute Gasteiger partial charge is 0.508 e. The average molecular weight is 428 g/mol. The van der Waals surface area contributed by atoms with Gasteiger partial charge in [-0.3, -0.25) is 4.79 Å². The highest BCUT2D eigenvalue weighted by atomic mass is 16.3. The molecule has 0 radical (unpaired) electrons. The van der Waals surface area contributed by atoms with E-state index in [0.29, 0.717) is 11.7 Å². The van der Waals surface area contributed by atoms with Crippen molar-refractivity contribution in [2.75, 3.05) is 5.32 Å². The number of phenols is 1. The van der Waals surface area contributed by atoms with E-state index in [4.69, 9.17) is 0 Å². The minimum Gasteiger partial charge on any atom is -0.508 e. The Balaban J connectivity index is 1.37. The van der Waals surface area contributed by atoms with Crippen molar-refractivity contribution in [2.24, 2.45) is 5.92 Å². The van der Waals surface area contributed by atoms with Crippen molar-refractivity contribution < 1.29 is 9.90 Å². The van der Waals surface area contributed by atoms with E-state index in [1.807, 2.05) is 23.7 Å². The maximum absolute atomic E-state index is 12.9. The fourth-order valence-electron chi connectivity index (χ4n) is 4.53. The van der Waals surface area contributed by atoms with E-state index in [0.717, 1.165) is 41.8 Å². The molecule has 2 N–H and O–H groups in total. The Hall–Kier alpha value is -3.74. The molecule has 7 nitrogen and oxygen atoms in total. The molecule has 0 bridgehead atoms. The molecule has 5 rings (SSSR count). The van der Waals surface area contributed by atoms with Crippen LogP contribution in [-0.2, 0) is 6.42 Å². The Labute approximate surface area is 186 Å². The number of allylic oxidation sites excluding steroid dienone is 4. The summed E-state index contributed by atoms with van der Waals surface area (Å²) < 4.78 is 1.91. The van der Waals surface area contributed by atoms with Gasteiger partial charge < -0.3 is 10.4 Å². The molecule has 2 aromatic heterocycles. The third kappa shape index (κ3) is 3.70. The zero-order valence-electron chi connectivity index (χ0n) is 18.1. The highest BCUT2D eigenvalue weighted by Gasteiger charge is 2.32. The van der Waals surface area contributed by atoms with E-state index in [9.17, 15) is 9.90 Å². The fraction of sp³-hybridized carbons (Fsp3) is 0.280. The van der Waals surface area contributed by atoms with Gasteiger partial charge >= 0.3 is 0 Å². The summed E-state index contributed by atoms with van der Waals surface area (Å²) >= 11 is 0. The van der Waals surface area contributed by atoms with E-state index >= 15 is 0 Å². The molecule has 0 saturated heterocycles. The molecular weight excluding hydrogens is 402 g/mol. The molecule has 0 saturated carbocycles. The number of nitrogens with one attached hydrogen (secondary N) is 1. The summed E-state index contributed by atoms with van der Waals surface area (Å²) in [6.07, 6.45) is 10.9. The van der Waals surface area contributed by atoms with Crippen molar-refractivity contribution in [3.63, 3.8) is 0 Å².